The summed E-state index contributed by atoms with van der Waals surface area (Å²) in [5.74, 6) is 2.31. The minimum Gasteiger partial charge on any atom is -0.497 e. The summed E-state index contributed by atoms with van der Waals surface area (Å²) in [6, 6.07) is 17.0. The van der Waals surface area contributed by atoms with E-state index in [1.807, 2.05) is 24.3 Å². The predicted molar refractivity (Wildman–Crippen MR) is 93.2 cm³/mol. The smallest absolute Gasteiger partial charge is 0.122 e. The van der Waals surface area contributed by atoms with E-state index in [9.17, 15) is 0 Å². The van der Waals surface area contributed by atoms with Crippen molar-refractivity contribution < 1.29 is 9.47 Å². The van der Waals surface area contributed by atoms with Crippen LogP contribution in [0.15, 0.2) is 48.5 Å². The molecular weight excluding hydrogens is 286 g/mol. The minimum atomic E-state index is 0.385. The summed E-state index contributed by atoms with van der Waals surface area (Å²) in [4.78, 5) is 0. The van der Waals surface area contributed by atoms with Crippen molar-refractivity contribution in [1.29, 1.82) is 0 Å². The molecule has 3 heteroatoms. The van der Waals surface area contributed by atoms with Crippen molar-refractivity contribution in [2.24, 2.45) is 5.73 Å². The average molecular weight is 311 g/mol. The van der Waals surface area contributed by atoms with Gasteiger partial charge >= 0.3 is 0 Å². The molecule has 1 fully saturated rings. The summed E-state index contributed by atoms with van der Waals surface area (Å²) in [6.07, 6.45) is 4.40. The Hall–Kier alpha value is -2.00. The van der Waals surface area contributed by atoms with Crippen molar-refractivity contribution in [1.82, 2.24) is 0 Å². The topological polar surface area (TPSA) is 44.5 Å². The van der Waals surface area contributed by atoms with Gasteiger partial charge in [-0.15, -0.1) is 0 Å². The van der Waals surface area contributed by atoms with Crippen LogP contribution in [-0.2, 0) is 6.42 Å². The molecule has 0 heterocycles. The van der Waals surface area contributed by atoms with Gasteiger partial charge in [0.1, 0.15) is 11.5 Å². The Morgan fingerprint density at radius 1 is 1.04 bits per heavy atom. The van der Waals surface area contributed by atoms with Gasteiger partial charge in [-0.05, 0) is 48.4 Å². The molecule has 0 saturated heterocycles. The van der Waals surface area contributed by atoms with Gasteiger partial charge in [0.15, 0.2) is 0 Å². The van der Waals surface area contributed by atoms with Crippen LogP contribution in [-0.4, -0.2) is 19.8 Å². The molecule has 2 atom stereocenters. The van der Waals surface area contributed by atoms with Gasteiger partial charge < -0.3 is 15.2 Å². The molecular formula is C20H25NO2. The summed E-state index contributed by atoms with van der Waals surface area (Å²) in [5.41, 5.74) is 8.74. The molecule has 1 aliphatic rings. The van der Waals surface area contributed by atoms with Crippen molar-refractivity contribution >= 4 is 0 Å². The number of ether oxygens (including phenoxy) is 2. The Kier molecular flexibility index (Phi) is 5.19. The van der Waals surface area contributed by atoms with Crippen molar-refractivity contribution in [3.8, 4) is 11.5 Å². The monoisotopic (exact) mass is 311 g/mol. The SMILES string of the molecule is COc1cccc(OCCc2ccc([C@@H]3CC[C@@H](N)C3)cc2)c1. The molecule has 23 heavy (non-hydrogen) atoms. The van der Waals surface area contributed by atoms with Gasteiger partial charge in [0, 0.05) is 18.5 Å². The normalized spacial score (nSPS) is 20.4. The van der Waals surface area contributed by atoms with E-state index in [-0.39, 0.29) is 0 Å². The van der Waals surface area contributed by atoms with Crippen LogP contribution in [0.2, 0.25) is 0 Å². The second-order valence-electron chi connectivity index (χ2n) is 6.29. The van der Waals surface area contributed by atoms with Crippen molar-refractivity contribution in [3.63, 3.8) is 0 Å². The van der Waals surface area contributed by atoms with Gasteiger partial charge in [-0.3, -0.25) is 0 Å². The van der Waals surface area contributed by atoms with E-state index in [0.29, 0.717) is 18.6 Å². The molecule has 0 aliphatic heterocycles. The Morgan fingerprint density at radius 2 is 1.83 bits per heavy atom. The first kappa shape index (κ1) is 15.9. The number of benzene rings is 2. The van der Waals surface area contributed by atoms with Gasteiger partial charge in [0.05, 0.1) is 13.7 Å². The summed E-state index contributed by atoms with van der Waals surface area (Å²) in [5, 5.41) is 0. The molecule has 0 aromatic heterocycles. The van der Waals surface area contributed by atoms with Crippen LogP contribution in [0.1, 0.15) is 36.3 Å². The van der Waals surface area contributed by atoms with Gasteiger partial charge in [0.2, 0.25) is 0 Å². The standard InChI is InChI=1S/C20H25NO2/c1-22-19-3-2-4-20(14-19)23-12-11-15-5-7-16(8-6-15)17-9-10-18(21)13-17/h2-8,14,17-18H,9-13,21H2,1H3/t17-,18-/m1/s1. The van der Waals surface area contributed by atoms with Crippen LogP contribution in [0.5, 0.6) is 11.5 Å². The second-order valence-corrected chi connectivity index (χ2v) is 6.29. The van der Waals surface area contributed by atoms with E-state index in [1.54, 1.807) is 7.11 Å². The lowest BCUT2D eigenvalue weighted by atomic mass is 9.96. The van der Waals surface area contributed by atoms with Crippen molar-refractivity contribution in [2.45, 2.75) is 37.6 Å². The molecule has 0 bridgehead atoms. The first-order chi connectivity index (χ1) is 11.2. The van der Waals surface area contributed by atoms with Crippen LogP contribution < -0.4 is 15.2 Å². The first-order valence-electron chi connectivity index (χ1n) is 8.36. The third-order valence-electron chi connectivity index (χ3n) is 4.62. The second kappa shape index (κ2) is 7.51. The largest absolute Gasteiger partial charge is 0.497 e. The highest BCUT2D eigenvalue weighted by molar-refractivity contribution is 5.33. The lowest BCUT2D eigenvalue weighted by molar-refractivity contribution is 0.319. The predicted octanol–water partition coefficient (Wildman–Crippen LogP) is 3.91. The highest BCUT2D eigenvalue weighted by Gasteiger charge is 2.22. The lowest BCUT2D eigenvalue weighted by Crippen LogP contribution is -2.14. The quantitative estimate of drug-likeness (QED) is 0.879. The molecule has 0 unspecified atom stereocenters. The molecule has 0 radical (unpaired) electrons. The number of hydrogen-bond acceptors (Lipinski definition) is 3. The fraction of sp³-hybridized carbons (Fsp3) is 0.400. The van der Waals surface area contributed by atoms with Crippen molar-refractivity contribution in [3.05, 3.63) is 59.7 Å². The number of hydrogen-bond donors (Lipinski definition) is 1. The molecule has 3 nitrogen and oxygen atoms in total. The highest BCUT2D eigenvalue weighted by Crippen LogP contribution is 2.33. The summed E-state index contributed by atoms with van der Waals surface area (Å²) >= 11 is 0. The Morgan fingerprint density at radius 3 is 2.52 bits per heavy atom. The lowest BCUT2D eigenvalue weighted by Gasteiger charge is -2.11. The minimum absolute atomic E-state index is 0.385. The zero-order chi connectivity index (χ0) is 16.1. The number of nitrogens with two attached hydrogens (primary N) is 1. The van der Waals surface area contributed by atoms with E-state index in [4.69, 9.17) is 15.2 Å². The van der Waals surface area contributed by atoms with E-state index < -0.39 is 0 Å². The van der Waals surface area contributed by atoms with Crippen LogP contribution in [0.4, 0.5) is 0 Å². The van der Waals surface area contributed by atoms with Crippen LogP contribution in [0.3, 0.4) is 0 Å². The molecule has 2 aromatic rings. The van der Waals surface area contributed by atoms with Gasteiger partial charge in [-0.1, -0.05) is 30.3 Å². The Labute approximate surface area is 138 Å². The van der Waals surface area contributed by atoms with E-state index in [1.165, 1.54) is 17.5 Å². The van der Waals surface area contributed by atoms with Crippen LogP contribution in [0, 0.1) is 0 Å². The van der Waals surface area contributed by atoms with Crippen LogP contribution >= 0.6 is 0 Å². The zero-order valence-electron chi connectivity index (χ0n) is 13.7. The molecule has 3 rings (SSSR count). The maximum Gasteiger partial charge on any atom is 0.122 e. The first-order valence-corrected chi connectivity index (χ1v) is 8.36. The van der Waals surface area contributed by atoms with Gasteiger partial charge in [-0.2, -0.15) is 0 Å². The van der Waals surface area contributed by atoms with Crippen LogP contribution in [0.25, 0.3) is 0 Å². The third kappa shape index (κ3) is 4.26. The summed E-state index contributed by atoms with van der Waals surface area (Å²) in [7, 11) is 1.66. The highest BCUT2D eigenvalue weighted by atomic mass is 16.5. The molecule has 1 aliphatic carbocycles. The Balaban J connectivity index is 1.50. The average Bonchev–Trinajstić information content (AvgIpc) is 3.02. The molecule has 1 saturated carbocycles. The molecule has 0 spiro atoms. The summed E-state index contributed by atoms with van der Waals surface area (Å²) in [6.45, 7) is 0.667. The number of rotatable bonds is 6. The van der Waals surface area contributed by atoms with Crippen molar-refractivity contribution in [2.75, 3.05) is 13.7 Å². The number of methoxy groups -OCH3 is 1. The molecule has 2 aromatic carbocycles. The van der Waals surface area contributed by atoms with E-state index in [0.717, 1.165) is 30.8 Å². The van der Waals surface area contributed by atoms with E-state index in [2.05, 4.69) is 24.3 Å². The maximum absolute atomic E-state index is 6.01. The fourth-order valence-electron chi connectivity index (χ4n) is 3.25. The van der Waals surface area contributed by atoms with E-state index >= 15 is 0 Å². The Bertz CT molecular complexity index is 624. The van der Waals surface area contributed by atoms with Gasteiger partial charge in [-0.25, -0.2) is 0 Å². The maximum atomic E-state index is 6.01. The summed E-state index contributed by atoms with van der Waals surface area (Å²) < 4.78 is 11.0. The fourth-order valence-corrected chi connectivity index (χ4v) is 3.25. The molecule has 0 amide bonds. The zero-order valence-corrected chi connectivity index (χ0v) is 13.7. The third-order valence-corrected chi connectivity index (χ3v) is 4.62. The van der Waals surface area contributed by atoms with Gasteiger partial charge in [0.25, 0.3) is 0 Å². The molecule has 2 N–H and O–H groups in total. The molecule has 122 valence electrons.